The van der Waals surface area contributed by atoms with E-state index in [9.17, 15) is 4.79 Å². The Morgan fingerprint density at radius 1 is 0.793 bits per heavy atom. The van der Waals surface area contributed by atoms with Crippen molar-refractivity contribution >= 4 is 5.78 Å². The third-order valence-corrected chi connectivity index (χ3v) is 5.20. The molecule has 0 bridgehead atoms. The molecule has 1 aliphatic rings. The summed E-state index contributed by atoms with van der Waals surface area (Å²) in [6.45, 7) is 13.7. The maximum Gasteiger partial charge on any atom is 0.132 e. The van der Waals surface area contributed by atoms with Crippen molar-refractivity contribution in [3.05, 3.63) is 35.4 Å². The van der Waals surface area contributed by atoms with Gasteiger partial charge >= 0.3 is 0 Å². The zero-order valence-corrected chi connectivity index (χ0v) is 18.2. The summed E-state index contributed by atoms with van der Waals surface area (Å²) < 4.78 is 16.4. The fourth-order valence-corrected chi connectivity index (χ4v) is 3.26. The van der Waals surface area contributed by atoms with Crippen LogP contribution in [0.2, 0.25) is 0 Å². The second-order valence-electron chi connectivity index (χ2n) is 7.58. The minimum atomic E-state index is 0.155. The molecule has 1 saturated heterocycles. The molecular formula is C23H38N2O4. The van der Waals surface area contributed by atoms with Gasteiger partial charge < -0.3 is 14.2 Å². The molecule has 0 spiro atoms. The molecule has 29 heavy (non-hydrogen) atoms. The second-order valence-corrected chi connectivity index (χ2v) is 7.58. The fourth-order valence-electron chi connectivity index (χ4n) is 3.26. The summed E-state index contributed by atoms with van der Waals surface area (Å²) in [6.07, 6.45) is 1.58. The third-order valence-electron chi connectivity index (χ3n) is 5.20. The molecule has 0 aliphatic carbocycles. The van der Waals surface area contributed by atoms with Crippen LogP contribution in [0.4, 0.5) is 0 Å². The van der Waals surface area contributed by atoms with Crippen LogP contribution in [0.5, 0.6) is 0 Å². The number of carbonyl (C=O) groups excluding carboxylic acids is 1. The summed E-state index contributed by atoms with van der Waals surface area (Å²) >= 11 is 0. The second kappa shape index (κ2) is 14.6. The fraction of sp³-hybridized carbons (Fsp3) is 0.696. The first kappa shape index (κ1) is 24.0. The number of hydrogen-bond donors (Lipinski definition) is 0. The van der Waals surface area contributed by atoms with E-state index >= 15 is 0 Å². The number of hydrogen-bond acceptors (Lipinski definition) is 6. The molecule has 0 unspecified atom stereocenters. The van der Waals surface area contributed by atoms with Crippen LogP contribution in [0.1, 0.15) is 31.4 Å². The highest BCUT2D eigenvalue weighted by Crippen LogP contribution is 2.10. The Balaban J connectivity index is 1.41. The molecule has 6 nitrogen and oxygen atoms in total. The van der Waals surface area contributed by atoms with Gasteiger partial charge in [-0.1, -0.05) is 31.2 Å². The third kappa shape index (κ3) is 10.9. The molecule has 1 aromatic rings. The molecule has 0 N–H and O–H groups in total. The molecule has 2 rings (SSSR count). The minimum absolute atomic E-state index is 0.155. The predicted molar refractivity (Wildman–Crippen MR) is 115 cm³/mol. The van der Waals surface area contributed by atoms with Crippen molar-refractivity contribution in [3.8, 4) is 0 Å². The van der Waals surface area contributed by atoms with Gasteiger partial charge in [-0.2, -0.15) is 0 Å². The molecule has 0 radical (unpaired) electrons. The van der Waals surface area contributed by atoms with E-state index in [1.54, 1.807) is 6.92 Å². The lowest BCUT2D eigenvalue weighted by atomic mass is 10.1. The standard InChI is InChI=1S/C23H38N2O4/c1-3-22-4-6-23(7-5-22)20-25-11-9-24(10-12-25)13-15-28-17-19-29-18-16-27-14-8-21(2)26/h4-7H,3,8-20H2,1-2H3. The largest absolute Gasteiger partial charge is 0.379 e. The molecule has 1 heterocycles. The Hall–Kier alpha value is -1.31. The van der Waals surface area contributed by atoms with Crippen LogP contribution in [0.15, 0.2) is 24.3 Å². The monoisotopic (exact) mass is 406 g/mol. The Morgan fingerprint density at radius 2 is 1.31 bits per heavy atom. The van der Waals surface area contributed by atoms with Gasteiger partial charge in [0, 0.05) is 45.7 Å². The smallest absolute Gasteiger partial charge is 0.132 e. The lowest BCUT2D eigenvalue weighted by molar-refractivity contribution is -0.118. The lowest BCUT2D eigenvalue weighted by Crippen LogP contribution is -2.46. The number of Topliss-reactive ketones (excluding diaryl/α,β-unsaturated/α-hetero) is 1. The number of ether oxygens (including phenoxy) is 3. The first-order valence-corrected chi connectivity index (χ1v) is 10.9. The SMILES string of the molecule is CCc1ccc(CN2CCN(CCOCCOCCOCCC(C)=O)CC2)cc1. The molecule has 1 aromatic carbocycles. The van der Waals surface area contributed by atoms with Gasteiger partial charge in [-0.15, -0.1) is 0 Å². The van der Waals surface area contributed by atoms with Crippen molar-refractivity contribution in [1.29, 1.82) is 0 Å². The Labute approximate surface area is 176 Å². The van der Waals surface area contributed by atoms with Crippen LogP contribution >= 0.6 is 0 Å². The number of carbonyl (C=O) groups is 1. The first-order chi connectivity index (χ1) is 14.2. The molecule has 164 valence electrons. The average Bonchev–Trinajstić information content (AvgIpc) is 2.73. The van der Waals surface area contributed by atoms with Gasteiger partial charge in [0.25, 0.3) is 0 Å². The molecule has 0 amide bonds. The Morgan fingerprint density at radius 3 is 1.90 bits per heavy atom. The molecule has 6 heteroatoms. The van der Waals surface area contributed by atoms with E-state index in [2.05, 4.69) is 41.0 Å². The molecule has 1 fully saturated rings. The van der Waals surface area contributed by atoms with E-state index in [4.69, 9.17) is 14.2 Å². The number of aryl methyl sites for hydroxylation is 1. The number of rotatable bonds is 15. The highest BCUT2D eigenvalue weighted by atomic mass is 16.5. The van der Waals surface area contributed by atoms with Crippen LogP contribution in [0, 0.1) is 0 Å². The minimum Gasteiger partial charge on any atom is -0.379 e. The number of ketones is 1. The summed E-state index contributed by atoms with van der Waals surface area (Å²) in [7, 11) is 0. The van der Waals surface area contributed by atoms with E-state index in [1.807, 2.05) is 0 Å². The predicted octanol–water partition coefficient (Wildman–Crippen LogP) is 2.40. The van der Waals surface area contributed by atoms with Gasteiger partial charge in [-0.25, -0.2) is 0 Å². The highest BCUT2D eigenvalue weighted by Gasteiger charge is 2.16. The van der Waals surface area contributed by atoms with Crippen molar-refractivity contribution < 1.29 is 19.0 Å². The summed E-state index contributed by atoms with van der Waals surface area (Å²) in [5.41, 5.74) is 2.81. The topological polar surface area (TPSA) is 51.2 Å². The van der Waals surface area contributed by atoms with Crippen molar-refractivity contribution in [3.63, 3.8) is 0 Å². The van der Waals surface area contributed by atoms with Crippen LogP contribution in [-0.2, 0) is 32.0 Å². The van der Waals surface area contributed by atoms with Crippen molar-refractivity contribution in [2.75, 3.05) is 72.4 Å². The molecule has 0 aromatic heterocycles. The van der Waals surface area contributed by atoms with Crippen molar-refractivity contribution in [1.82, 2.24) is 9.80 Å². The van der Waals surface area contributed by atoms with Crippen LogP contribution < -0.4 is 0 Å². The van der Waals surface area contributed by atoms with Gasteiger partial charge in [-0.3, -0.25) is 14.6 Å². The lowest BCUT2D eigenvalue weighted by Gasteiger charge is -2.34. The van der Waals surface area contributed by atoms with Gasteiger partial charge in [0.05, 0.1) is 39.6 Å². The first-order valence-electron chi connectivity index (χ1n) is 10.9. The Kier molecular flexibility index (Phi) is 12.1. The van der Waals surface area contributed by atoms with E-state index in [-0.39, 0.29) is 5.78 Å². The van der Waals surface area contributed by atoms with Crippen LogP contribution in [0.25, 0.3) is 0 Å². The normalized spacial score (nSPS) is 15.7. The molecule has 0 saturated carbocycles. The highest BCUT2D eigenvalue weighted by molar-refractivity contribution is 5.75. The summed E-state index contributed by atoms with van der Waals surface area (Å²) in [6, 6.07) is 9.02. The number of benzene rings is 1. The maximum atomic E-state index is 10.8. The van der Waals surface area contributed by atoms with Crippen molar-refractivity contribution in [2.45, 2.75) is 33.2 Å². The van der Waals surface area contributed by atoms with Gasteiger partial charge in [0.15, 0.2) is 0 Å². The summed E-state index contributed by atoms with van der Waals surface area (Å²) in [4.78, 5) is 15.8. The van der Waals surface area contributed by atoms with Gasteiger partial charge in [-0.05, 0) is 24.5 Å². The molecular weight excluding hydrogens is 368 g/mol. The quantitative estimate of drug-likeness (QED) is 0.417. The van der Waals surface area contributed by atoms with E-state index in [0.29, 0.717) is 39.5 Å². The summed E-state index contributed by atoms with van der Waals surface area (Å²) in [5.74, 6) is 0.155. The molecule has 0 atom stereocenters. The van der Waals surface area contributed by atoms with E-state index in [0.717, 1.165) is 52.3 Å². The van der Waals surface area contributed by atoms with Crippen LogP contribution in [0.3, 0.4) is 0 Å². The Bertz CT molecular complexity index is 557. The molecule has 1 aliphatic heterocycles. The zero-order chi connectivity index (χ0) is 20.7. The van der Waals surface area contributed by atoms with E-state index in [1.165, 1.54) is 11.1 Å². The summed E-state index contributed by atoms with van der Waals surface area (Å²) in [5, 5.41) is 0. The number of piperazine rings is 1. The van der Waals surface area contributed by atoms with Gasteiger partial charge in [0.2, 0.25) is 0 Å². The van der Waals surface area contributed by atoms with E-state index < -0.39 is 0 Å². The maximum absolute atomic E-state index is 10.8. The number of nitrogens with zero attached hydrogens (tertiary/aromatic N) is 2. The zero-order valence-electron chi connectivity index (χ0n) is 18.2. The van der Waals surface area contributed by atoms with Crippen LogP contribution in [-0.4, -0.2) is 87.9 Å². The van der Waals surface area contributed by atoms with Crippen molar-refractivity contribution in [2.24, 2.45) is 0 Å². The van der Waals surface area contributed by atoms with Gasteiger partial charge in [0.1, 0.15) is 5.78 Å². The average molecular weight is 407 g/mol.